The fourth-order valence-corrected chi connectivity index (χ4v) is 3.49. The minimum atomic E-state index is -3.19. The van der Waals surface area contributed by atoms with Crippen molar-refractivity contribution in [3.63, 3.8) is 0 Å². The second-order valence-corrected chi connectivity index (χ2v) is 10.3. The molecule has 1 aromatic carbocycles. The zero-order valence-electron chi connectivity index (χ0n) is 14.9. The molecule has 0 aliphatic heterocycles. The maximum atomic E-state index is 11.8. The summed E-state index contributed by atoms with van der Waals surface area (Å²) in [6, 6.07) is 9.97. The van der Waals surface area contributed by atoms with Crippen LogP contribution >= 0.6 is 11.3 Å². The van der Waals surface area contributed by atoms with Gasteiger partial charge in [-0.2, -0.15) is 0 Å². The van der Waals surface area contributed by atoms with Crippen molar-refractivity contribution in [2.75, 3.05) is 26.4 Å². The first-order valence-electron chi connectivity index (χ1n) is 7.95. The predicted molar refractivity (Wildman–Crippen MR) is 105 cm³/mol. The number of aliphatic hydroxyl groups is 1. The topological polar surface area (TPSA) is 90.8 Å². The Hall–Kier alpha value is -1.64. The molecule has 0 spiro atoms. The van der Waals surface area contributed by atoms with Crippen LogP contribution in [0.1, 0.15) is 24.8 Å². The number of nitrogens with one attached hydrogen (secondary N) is 2. The number of hydrogen-bond donors (Lipinski definition) is 3. The van der Waals surface area contributed by atoms with Gasteiger partial charge in [0, 0.05) is 36.0 Å². The van der Waals surface area contributed by atoms with Crippen LogP contribution in [0.15, 0.2) is 35.3 Å². The minimum Gasteiger partial charge on any atom is -0.386 e. The van der Waals surface area contributed by atoms with Gasteiger partial charge >= 0.3 is 0 Å². The van der Waals surface area contributed by atoms with E-state index in [1.165, 1.54) is 6.26 Å². The molecule has 0 saturated carbocycles. The van der Waals surface area contributed by atoms with Gasteiger partial charge < -0.3 is 15.7 Å². The van der Waals surface area contributed by atoms with E-state index in [0.29, 0.717) is 5.96 Å². The summed E-state index contributed by atoms with van der Waals surface area (Å²) >= 11 is 1.56. The number of fused-ring (bicyclic) bond motifs is 1. The summed E-state index contributed by atoms with van der Waals surface area (Å²) in [4.78, 5) is 4.95. The van der Waals surface area contributed by atoms with Gasteiger partial charge in [-0.25, -0.2) is 8.42 Å². The third-order valence-electron chi connectivity index (χ3n) is 4.14. The molecule has 0 aliphatic rings. The Kier molecular flexibility index (Phi) is 6.08. The van der Waals surface area contributed by atoms with Crippen LogP contribution in [0.2, 0.25) is 0 Å². The van der Waals surface area contributed by atoms with Crippen LogP contribution in [-0.2, 0) is 9.84 Å². The lowest BCUT2D eigenvalue weighted by Crippen LogP contribution is -2.48. The van der Waals surface area contributed by atoms with Gasteiger partial charge in [0.1, 0.15) is 6.10 Å². The van der Waals surface area contributed by atoms with Crippen molar-refractivity contribution in [2.24, 2.45) is 4.99 Å². The third-order valence-corrected chi connectivity index (χ3v) is 7.51. The smallest absolute Gasteiger partial charge is 0.191 e. The van der Waals surface area contributed by atoms with Crippen molar-refractivity contribution in [1.29, 1.82) is 0 Å². The average Bonchev–Trinajstić information content (AvgIpc) is 2.97. The summed E-state index contributed by atoms with van der Waals surface area (Å²) in [7, 11) is -1.58. The SMILES string of the molecule is CN=C(NCC(O)c1cc2ccccc2s1)NCC(C)(C)S(C)(=O)=O. The molecule has 1 heterocycles. The van der Waals surface area contributed by atoms with Crippen LogP contribution in [-0.4, -0.2) is 50.6 Å². The standard InChI is InChI=1S/C17H25N3O3S2/c1-17(2,25(4,22)23)11-20-16(18-3)19-10-13(21)15-9-12-7-5-6-8-14(12)24-15/h5-9,13,21H,10-11H2,1-4H3,(H2,18,19,20). The van der Waals surface area contributed by atoms with Crippen molar-refractivity contribution in [1.82, 2.24) is 10.6 Å². The van der Waals surface area contributed by atoms with Gasteiger partial charge in [0.05, 0.1) is 4.75 Å². The molecule has 138 valence electrons. The maximum absolute atomic E-state index is 11.8. The van der Waals surface area contributed by atoms with Crippen molar-refractivity contribution in [2.45, 2.75) is 24.7 Å². The van der Waals surface area contributed by atoms with E-state index in [-0.39, 0.29) is 13.1 Å². The normalized spacial score (nSPS) is 14.5. The van der Waals surface area contributed by atoms with E-state index in [4.69, 9.17) is 0 Å². The zero-order chi connectivity index (χ0) is 18.7. The summed E-state index contributed by atoms with van der Waals surface area (Å²) in [6.07, 6.45) is 0.551. The molecular formula is C17H25N3O3S2. The molecule has 8 heteroatoms. The van der Waals surface area contributed by atoms with Crippen LogP contribution in [0, 0.1) is 0 Å². The third kappa shape index (κ3) is 4.93. The van der Waals surface area contributed by atoms with Crippen molar-refractivity contribution in [3.8, 4) is 0 Å². The van der Waals surface area contributed by atoms with Crippen LogP contribution < -0.4 is 10.6 Å². The van der Waals surface area contributed by atoms with Gasteiger partial charge in [-0.1, -0.05) is 18.2 Å². The monoisotopic (exact) mass is 383 g/mol. The van der Waals surface area contributed by atoms with Gasteiger partial charge in [-0.05, 0) is 31.4 Å². The molecule has 1 atom stereocenters. The Morgan fingerprint density at radius 3 is 2.60 bits per heavy atom. The minimum absolute atomic E-state index is 0.227. The Morgan fingerprint density at radius 1 is 1.32 bits per heavy atom. The number of sulfone groups is 1. The lowest BCUT2D eigenvalue weighted by molar-refractivity contribution is 0.184. The summed E-state index contributed by atoms with van der Waals surface area (Å²) in [5, 5.41) is 17.5. The first-order chi connectivity index (χ1) is 11.6. The van der Waals surface area contributed by atoms with E-state index < -0.39 is 20.7 Å². The lowest BCUT2D eigenvalue weighted by atomic mass is 10.2. The van der Waals surface area contributed by atoms with Gasteiger partial charge in [-0.15, -0.1) is 11.3 Å². The number of hydrogen-bond acceptors (Lipinski definition) is 5. The van der Waals surface area contributed by atoms with Gasteiger partial charge in [-0.3, -0.25) is 4.99 Å². The summed E-state index contributed by atoms with van der Waals surface area (Å²) in [5.41, 5.74) is 0. The van der Waals surface area contributed by atoms with Crippen LogP contribution in [0.3, 0.4) is 0 Å². The van der Waals surface area contributed by atoms with Gasteiger partial charge in [0.25, 0.3) is 0 Å². The van der Waals surface area contributed by atoms with Crippen molar-refractivity contribution in [3.05, 3.63) is 35.2 Å². The molecule has 0 amide bonds. The van der Waals surface area contributed by atoms with E-state index in [1.807, 2.05) is 30.3 Å². The Bertz CT molecular complexity index is 824. The van der Waals surface area contributed by atoms with Crippen LogP contribution in [0.5, 0.6) is 0 Å². The fraction of sp³-hybridized carbons (Fsp3) is 0.471. The average molecular weight is 384 g/mol. The largest absolute Gasteiger partial charge is 0.386 e. The van der Waals surface area contributed by atoms with Crippen LogP contribution in [0.4, 0.5) is 0 Å². The van der Waals surface area contributed by atoms with E-state index >= 15 is 0 Å². The Labute approximate surface area is 152 Å². The molecule has 6 nitrogen and oxygen atoms in total. The summed E-state index contributed by atoms with van der Waals surface area (Å²) in [6.45, 7) is 3.83. The van der Waals surface area contributed by atoms with Gasteiger partial charge in [0.2, 0.25) is 0 Å². The molecule has 0 radical (unpaired) electrons. The zero-order valence-corrected chi connectivity index (χ0v) is 16.5. The number of aliphatic hydroxyl groups excluding tert-OH is 1. The van der Waals surface area contributed by atoms with Gasteiger partial charge in [0.15, 0.2) is 15.8 Å². The molecule has 0 saturated heterocycles. The van der Waals surface area contributed by atoms with E-state index in [9.17, 15) is 13.5 Å². The summed E-state index contributed by atoms with van der Waals surface area (Å²) < 4.78 is 23.7. The molecule has 2 aromatic rings. The second kappa shape index (κ2) is 7.72. The lowest BCUT2D eigenvalue weighted by Gasteiger charge is -2.24. The second-order valence-electron chi connectivity index (χ2n) is 6.54. The Balaban J connectivity index is 1.94. The Morgan fingerprint density at radius 2 is 2.00 bits per heavy atom. The highest BCUT2D eigenvalue weighted by atomic mass is 32.2. The number of rotatable bonds is 6. The molecule has 0 fully saturated rings. The maximum Gasteiger partial charge on any atom is 0.191 e. The first kappa shape index (κ1) is 19.7. The number of benzene rings is 1. The highest BCUT2D eigenvalue weighted by Crippen LogP contribution is 2.29. The molecule has 1 aromatic heterocycles. The highest BCUT2D eigenvalue weighted by Gasteiger charge is 2.30. The number of thiophene rings is 1. The predicted octanol–water partition coefficient (Wildman–Crippen LogP) is 1.92. The molecule has 0 bridgehead atoms. The molecule has 3 N–H and O–H groups in total. The van der Waals surface area contributed by atoms with E-state index in [0.717, 1.165) is 15.0 Å². The number of nitrogens with zero attached hydrogens (tertiary/aromatic N) is 1. The number of guanidine groups is 1. The van der Waals surface area contributed by atoms with Crippen molar-refractivity contribution < 1.29 is 13.5 Å². The molecular weight excluding hydrogens is 358 g/mol. The fourth-order valence-electron chi connectivity index (χ4n) is 2.11. The van der Waals surface area contributed by atoms with Crippen molar-refractivity contribution >= 4 is 37.2 Å². The van der Waals surface area contributed by atoms with E-state index in [2.05, 4.69) is 15.6 Å². The molecule has 0 aliphatic carbocycles. The summed E-state index contributed by atoms with van der Waals surface area (Å²) in [5.74, 6) is 0.455. The number of aliphatic imine (C=N–C) groups is 1. The first-order valence-corrected chi connectivity index (χ1v) is 10.7. The van der Waals surface area contributed by atoms with E-state index in [1.54, 1.807) is 32.2 Å². The quantitative estimate of drug-likeness (QED) is 0.524. The molecule has 1 unspecified atom stereocenters. The molecule has 2 rings (SSSR count). The highest BCUT2D eigenvalue weighted by molar-refractivity contribution is 7.92. The molecule has 25 heavy (non-hydrogen) atoms. The van der Waals surface area contributed by atoms with Crippen LogP contribution in [0.25, 0.3) is 10.1 Å².